The van der Waals surface area contributed by atoms with Gasteiger partial charge < -0.3 is 5.32 Å². The van der Waals surface area contributed by atoms with E-state index >= 15 is 0 Å². The van der Waals surface area contributed by atoms with Crippen LogP contribution in [0.4, 0.5) is 4.39 Å². The van der Waals surface area contributed by atoms with Crippen LogP contribution in [-0.2, 0) is 0 Å². The van der Waals surface area contributed by atoms with E-state index in [-0.39, 0.29) is 11.9 Å². The number of benzene rings is 1. The molecule has 1 atom stereocenters. The highest BCUT2D eigenvalue weighted by Crippen LogP contribution is 2.22. The van der Waals surface area contributed by atoms with Gasteiger partial charge in [0.2, 0.25) is 0 Å². The summed E-state index contributed by atoms with van der Waals surface area (Å²) >= 11 is 1.88. The molecule has 0 aromatic heterocycles. The minimum atomic E-state index is -0.148. The van der Waals surface area contributed by atoms with Crippen LogP contribution in [0.25, 0.3) is 0 Å². The molecule has 16 heavy (non-hydrogen) atoms. The molecule has 0 amide bonds. The second-order valence-corrected chi connectivity index (χ2v) is 5.09. The number of hydrogen-bond acceptors (Lipinski definition) is 2. The molecule has 0 aliphatic carbocycles. The highest BCUT2D eigenvalue weighted by Gasteiger charge is 2.13. The first kappa shape index (κ1) is 13.5. The summed E-state index contributed by atoms with van der Waals surface area (Å²) in [6.07, 6.45) is 0. The number of hydrogen-bond donors (Lipinski definition) is 1. The first-order valence-electron chi connectivity index (χ1n) is 5.76. The maximum atomic E-state index is 13.2. The van der Waals surface area contributed by atoms with Crippen molar-refractivity contribution in [3.8, 4) is 0 Å². The fourth-order valence-electron chi connectivity index (χ4n) is 1.73. The third kappa shape index (κ3) is 3.80. The summed E-state index contributed by atoms with van der Waals surface area (Å²) in [5.41, 5.74) is 2.24. The molecule has 1 rings (SSSR count). The summed E-state index contributed by atoms with van der Waals surface area (Å²) in [5.74, 6) is 1.94. The quantitative estimate of drug-likeness (QED) is 0.817. The van der Waals surface area contributed by atoms with E-state index < -0.39 is 0 Å². The molecule has 1 aromatic carbocycles. The lowest BCUT2D eigenvalue weighted by Crippen LogP contribution is -2.24. The third-order valence-electron chi connectivity index (χ3n) is 2.56. The Kier molecular flexibility index (Phi) is 5.85. The van der Waals surface area contributed by atoms with Gasteiger partial charge in [-0.05, 0) is 42.5 Å². The van der Waals surface area contributed by atoms with Gasteiger partial charge in [-0.25, -0.2) is 4.39 Å². The SMILES string of the molecule is CCNC(CSCC)c1cc(F)ccc1C. The zero-order valence-corrected chi connectivity index (χ0v) is 11.0. The van der Waals surface area contributed by atoms with Gasteiger partial charge in [0.25, 0.3) is 0 Å². The first-order chi connectivity index (χ1) is 7.69. The molecule has 0 heterocycles. The van der Waals surface area contributed by atoms with Gasteiger partial charge in [-0.15, -0.1) is 0 Å². The topological polar surface area (TPSA) is 12.0 Å². The summed E-state index contributed by atoms with van der Waals surface area (Å²) in [4.78, 5) is 0. The Morgan fingerprint density at radius 1 is 1.38 bits per heavy atom. The highest BCUT2D eigenvalue weighted by molar-refractivity contribution is 7.99. The van der Waals surface area contributed by atoms with Crippen molar-refractivity contribution in [3.63, 3.8) is 0 Å². The Labute approximate surface area is 102 Å². The molecule has 0 fully saturated rings. The monoisotopic (exact) mass is 241 g/mol. The van der Waals surface area contributed by atoms with Gasteiger partial charge in [0.05, 0.1) is 0 Å². The van der Waals surface area contributed by atoms with Gasteiger partial charge in [-0.2, -0.15) is 11.8 Å². The van der Waals surface area contributed by atoms with Crippen molar-refractivity contribution in [3.05, 3.63) is 35.1 Å². The van der Waals surface area contributed by atoms with Crippen LogP contribution < -0.4 is 5.32 Å². The van der Waals surface area contributed by atoms with E-state index in [1.807, 2.05) is 24.8 Å². The van der Waals surface area contributed by atoms with Gasteiger partial charge in [-0.1, -0.05) is 19.9 Å². The van der Waals surface area contributed by atoms with E-state index in [9.17, 15) is 4.39 Å². The van der Waals surface area contributed by atoms with Crippen LogP contribution in [0.15, 0.2) is 18.2 Å². The lowest BCUT2D eigenvalue weighted by Gasteiger charge is -2.20. The minimum Gasteiger partial charge on any atom is -0.309 e. The van der Waals surface area contributed by atoms with Crippen LogP contribution in [0.2, 0.25) is 0 Å². The van der Waals surface area contributed by atoms with E-state index in [4.69, 9.17) is 0 Å². The number of aryl methyl sites for hydroxylation is 1. The molecule has 0 radical (unpaired) electrons. The van der Waals surface area contributed by atoms with Crippen LogP contribution in [0.1, 0.15) is 31.0 Å². The predicted molar refractivity (Wildman–Crippen MR) is 70.6 cm³/mol. The summed E-state index contributed by atoms with van der Waals surface area (Å²) in [5, 5.41) is 3.41. The summed E-state index contributed by atoms with van der Waals surface area (Å²) in [6.45, 7) is 7.17. The van der Waals surface area contributed by atoms with Gasteiger partial charge in [0.15, 0.2) is 0 Å². The second kappa shape index (κ2) is 6.92. The third-order valence-corrected chi connectivity index (χ3v) is 3.53. The Balaban J connectivity index is 2.85. The molecule has 1 nitrogen and oxygen atoms in total. The molecule has 0 aliphatic rings. The molecule has 0 spiro atoms. The van der Waals surface area contributed by atoms with Crippen molar-refractivity contribution >= 4 is 11.8 Å². The Hall–Kier alpha value is -0.540. The van der Waals surface area contributed by atoms with E-state index in [1.165, 1.54) is 6.07 Å². The standard InChI is InChI=1S/C13H20FNS/c1-4-15-13(9-16-5-2)12-8-11(14)7-6-10(12)3/h6-8,13,15H,4-5,9H2,1-3H3. The normalized spacial score (nSPS) is 12.8. The molecule has 0 bridgehead atoms. The van der Waals surface area contributed by atoms with E-state index in [0.717, 1.165) is 29.2 Å². The molecule has 1 aromatic rings. The average Bonchev–Trinajstić information content (AvgIpc) is 2.28. The van der Waals surface area contributed by atoms with Crippen molar-refractivity contribution in [1.29, 1.82) is 0 Å². The van der Waals surface area contributed by atoms with Crippen LogP contribution in [0.5, 0.6) is 0 Å². The van der Waals surface area contributed by atoms with E-state index in [1.54, 1.807) is 6.07 Å². The number of rotatable bonds is 6. The maximum absolute atomic E-state index is 13.2. The molecule has 0 aliphatic heterocycles. The van der Waals surface area contributed by atoms with Crippen molar-refractivity contribution in [2.45, 2.75) is 26.8 Å². The van der Waals surface area contributed by atoms with Gasteiger partial charge in [0.1, 0.15) is 5.82 Å². The average molecular weight is 241 g/mol. The Morgan fingerprint density at radius 3 is 2.75 bits per heavy atom. The molecule has 0 saturated carbocycles. The second-order valence-electron chi connectivity index (χ2n) is 3.77. The zero-order chi connectivity index (χ0) is 12.0. The van der Waals surface area contributed by atoms with E-state index in [0.29, 0.717) is 0 Å². The van der Waals surface area contributed by atoms with E-state index in [2.05, 4.69) is 19.2 Å². The summed E-state index contributed by atoms with van der Waals surface area (Å²) in [6, 6.07) is 5.28. The van der Waals surface area contributed by atoms with Crippen LogP contribution in [0.3, 0.4) is 0 Å². The molecule has 3 heteroatoms. The fourth-order valence-corrected chi connectivity index (χ4v) is 2.50. The van der Waals surface area contributed by atoms with Gasteiger partial charge >= 0.3 is 0 Å². The summed E-state index contributed by atoms with van der Waals surface area (Å²) in [7, 11) is 0. The van der Waals surface area contributed by atoms with Crippen LogP contribution in [0, 0.1) is 12.7 Å². The molecule has 0 saturated heterocycles. The van der Waals surface area contributed by atoms with Crippen LogP contribution >= 0.6 is 11.8 Å². The number of halogens is 1. The minimum absolute atomic E-state index is 0.148. The molecule has 1 unspecified atom stereocenters. The summed E-state index contributed by atoms with van der Waals surface area (Å²) < 4.78 is 13.2. The van der Waals surface area contributed by atoms with Crippen molar-refractivity contribution in [2.75, 3.05) is 18.1 Å². The Bertz CT molecular complexity index is 328. The lowest BCUT2D eigenvalue weighted by atomic mass is 10.0. The first-order valence-corrected chi connectivity index (χ1v) is 6.91. The number of thioether (sulfide) groups is 1. The molecular formula is C13H20FNS. The zero-order valence-electron chi connectivity index (χ0n) is 10.2. The number of nitrogens with one attached hydrogen (secondary N) is 1. The van der Waals surface area contributed by atoms with Crippen molar-refractivity contribution in [2.24, 2.45) is 0 Å². The molecular weight excluding hydrogens is 221 g/mol. The van der Waals surface area contributed by atoms with Crippen molar-refractivity contribution < 1.29 is 4.39 Å². The predicted octanol–water partition coefficient (Wildman–Crippen LogP) is 3.54. The van der Waals surface area contributed by atoms with Gasteiger partial charge in [0, 0.05) is 11.8 Å². The molecule has 1 N–H and O–H groups in total. The highest BCUT2D eigenvalue weighted by atomic mass is 32.2. The molecule has 90 valence electrons. The van der Waals surface area contributed by atoms with Crippen molar-refractivity contribution in [1.82, 2.24) is 5.32 Å². The van der Waals surface area contributed by atoms with Gasteiger partial charge in [-0.3, -0.25) is 0 Å². The maximum Gasteiger partial charge on any atom is 0.123 e. The fraction of sp³-hybridized carbons (Fsp3) is 0.538. The lowest BCUT2D eigenvalue weighted by molar-refractivity contribution is 0.586. The largest absolute Gasteiger partial charge is 0.309 e. The Morgan fingerprint density at radius 2 is 2.12 bits per heavy atom. The smallest absolute Gasteiger partial charge is 0.123 e. The van der Waals surface area contributed by atoms with Crippen LogP contribution in [-0.4, -0.2) is 18.1 Å².